The summed E-state index contributed by atoms with van der Waals surface area (Å²) in [5, 5.41) is 11.2. The molecule has 2 aromatic carbocycles. The Hall–Kier alpha value is -2.95. The van der Waals surface area contributed by atoms with E-state index in [0.29, 0.717) is 23.4 Å². The average Bonchev–Trinajstić information content (AvgIpc) is 3.03. The zero-order chi connectivity index (χ0) is 17.1. The monoisotopic (exact) mass is 323 g/mol. The van der Waals surface area contributed by atoms with Gasteiger partial charge < -0.3 is 9.84 Å². The van der Waals surface area contributed by atoms with Crippen LogP contribution in [-0.4, -0.2) is 30.5 Å². The molecule has 0 aromatic heterocycles. The van der Waals surface area contributed by atoms with Crippen LogP contribution in [0.15, 0.2) is 53.5 Å². The molecule has 122 valence electrons. The first-order valence-electron chi connectivity index (χ1n) is 7.63. The van der Waals surface area contributed by atoms with Crippen molar-refractivity contribution in [3.05, 3.63) is 64.7 Å². The highest BCUT2D eigenvalue weighted by molar-refractivity contribution is 6.00. The Bertz CT molecular complexity index is 900. The lowest BCUT2D eigenvalue weighted by Crippen LogP contribution is -2.28. The molecule has 1 N–H and O–H groups in total. The molecule has 1 unspecified atom stereocenters. The van der Waals surface area contributed by atoms with Crippen LogP contribution in [0.2, 0.25) is 0 Å². The van der Waals surface area contributed by atoms with E-state index in [1.54, 1.807) is 31.4 Å². The van der Waals surface area contributed by atoms with Crippen molar-refractivity contribution >= 4 is 17.3 Å². The molecular weight excluding hydrogens is 306 g/mol. The van der Waals surface area contributed by atoms with Crippen LogP contribution >= 0.6 is 0 Å². The van der Waals surface area contributed by atoms with Gasteiger partial charge in [-0.25, -0.2) is 0 Å². The SMILES string of the molecule is COc1ccc(C(=O)CC(C(=O)O)C2=c3ccccc3=NC2)cc1. The second-order valence-electron chi connectivity index (χ2n) is 5.61. The lowest BCUT2D eigenvalue weighted by molar-refractivity contribution is -0.139. The Kier molecular flexibility index (Phi) is 4.42. The molecule has 1 atom stereocenters. The van der Waals surface area contributed by atoms with Gasteiger partial charge in [-0.05, 0) is 35.9 Å². The van der Waals surface area contributed by atoms with E-state index in [1.165, 1.54) is 0 Å². The van der Waals surface area contributed by atoms with Gasteiger partial charge in [0.25, 0.3) is 0 Å². The van der Waals surface area contributed by atoms with Crippen molar-refractivity contribution < 1.29 is 19.4 Å². The minimum absolute atomic E-state index is 0.0825. The van der Waals surface area contributed by atoms with Crippen molar-refractivity contribution in [2.24, 2.45) is 10.9 Å². The van der Waals surface area contributed by atoms with Crippen LogP contribution in [0.3, 0.4) is 0 Å². The molecule has 0 saturated carbocycles. The number of carbonyl (C=O) groups is 2. The highest BCUT2D eigenvalue weighted by Crippen LogP contribution is 2.21. The van der Waals surface area contributed by atoms with Gasteiger partial charge in [-0.15, -0.1) is 0 Å². The zero-order valence-electron chi connectivity index (χ0n) is 13.2. The maximum Gasteiger partial charge on any atom is 0.311 e. The number of carboxylic acids is 1. The molecule has 0 aliphatic carbocycles. The number of ketones is 1. The Morgan fingerprint density at radius 3 is 2.54 bits per heavy atom. The molecule has 0 bridgehead atoms. The number of fused-ring (bicyclic) bond motifs is 1. The van der Waals surface area contributed by atoms with Gasteiger partial charge in [-0.3, -0.25) is 14.6 Å². The Balaban J connectivity index is 1.89. The number of aliphatic carboxylic acids is 1. The van der Waals surface area contributed by atoms with Crippen molar-refractivity contribution in [2.75, 3.05) is 13.7 Å². The number of hydrogen-bond donors (Lipinski definition) is 1. The van der Waals surface area contributed by atoms with E-state index < -0.39 is 11.9 Å². The molecule has 1 aliphatic rings. The molecule has 5 heteroatoms. The number of carboxylic acid groups (broad SMARTS) is 1. The first-order chi connectivity index (χ1) is 11.6. The number of carbonyl (C=O) groups excluding carboxylic acids is 1. The van der Waals surface area contributed by atoms with Crippen LogP contribution < -0.4 is 15.3 Å². The number of Topliss-reactive ketones (excluding diaryl/α,β-unsaturated/α-hetero) is 1. The Labute approximate surface area is 138 Å². The number of para-hydroxylation sites is 1. The second-order valence-corrected chi connectivity index (χ2v) is 5.61. The third-order valence-electron chi connectivity index (χ3n) is 4.19. The predicted molar refractivity (Wildman–Crippen MR) is 88.6 cm³/mol. The number of benzene rings is 2. The summed E-state index contributed by atoms with van der Waals surface area (Å²) < 4.78 is 5.07. The van der Waals surface area contributed by atoms with Crippen molar-refractivity contribution in [3.63, 3.8) is 0 Å². The van der Waals surface area contributed by atoms with Crippen molar-refractivity contribution in [3.8, 4) is 5.75 Å². The molecule has 0 radical (unpaired) electrons. The topological polar surface area (TPSA) is 76.0 Å². The molecule has 1 aliphatic heterocycles. The summed E-state index contributed by atoms with van der Waals surface area (Å²) in [5.74, 6) is -1.42. The smallest absolute Gasteiger partial charge is 0.311 e. The van der Waals surface area contributed by atoms with Crippen LogP contribution in [-0.2, 0) is 4.79 Å². The van der Waals surface area contributed by atoms with Gasteiger partial charge in [0.2, 0.25) is 0 Å². The summed E-state index contributed by atoms with van der Waals surface area (Å²) >= 11 is 0. The number of rotatable bonds is 6. The molecule has 24 heavy (non-hydrogen) atoms. The molecule has 3 rings (SSSR count). The predicted octanol–water partition coefficient (Wildman–Crippen LogP) is 1.45. The fraction of sp³-hybridized carbons (Fsp3) is 0.211. The Morgan fingerprint density at radius 1 is 1.17 bits per heavy atom. The zero-order valence-corrected chi connectivity index (χ0v) is 13.2. The van der Waals surface area contributed by atoms with Gasteiger partial charge in [0.05, 0.1) is 24.9 Å². The normalized spacial score (nSPS) is 13.8. The largest absolute Gasteiger partial charge is 0.497 e. The molecule has 0 fully saturated rings. The third-order valence-corrected chi connectivity index (χ3v) is 4.19. The van der Waals surface area contributed by atoms with E-state index in [-0.39, 0.29) is 12.2 Å². The van der Waals surface area contributed by atoms with Gasteiger partial charge in [0.15, 0.2) is 5.78 Å². The molecule has 1 heterocycles. The lowest BCUT2D eigenvalue weighted by atomic mass is 9.90. The van der Waals surface area contributed by atoms with E-state index in [4.69, 9.17) is 4.74 Å². The van der Waals surface area contributed by atoms with Gasteiger partial charge in [0, 0.05) is 17.2 Å². The molecule has 5 nitrogen and oxygen atoms in total. The van der Waals surface area contributed by atoms with Crippen LogP contribution in [0.4, 0.5) is 0 Å². The first-order valence-corrected chi connectivity index (χ1v) is 7.63. The Morgan fingerprint density at radius 2 is 1.88 bits per heavy atom. The lowest BCUT2D eigenvalue weighted by Gasteiger charge is -2.13. The highest BCUT2D eigenvalue weighted by atomic mass is 16.5. The number of methoxy groups -OCH3 is 1. The fourth-order valence-corrected chi connectivity index (χ4v) is 2.88. The fourth-order valence-electron chi connectivity index (χ4n) is 2.88. The average molecular weight is 323 g/mol. The van der Waals surface area contributed by atoms with Crippen LogP contribution in [0.25, 0.3) is 5.57 Å². The molecule has 2 aromatic rings. The summed E-state index contributed by atoms with van der Waals surface area (Å²) in [5.41, 5.74) is 1.17. The van der Waals surface area contributed by atoms with E-state index in [0.717, 1.165) is 10.6 Å². The number of nitrogens with zero attached hydrogens (tertiary/aromatic N) is 1. The summed E-state index contributed by atoms with van der Waals surface area (Å²) in [6.07, 6.45) is -0.0825. The standard InChI is InChI=1S/C19H17NO4/c1-24-13-8-6-12(7-9-13)18(21)10-15(19(22)23)16-11-20-17-5-3-2-4-14(16)17/h2-9,15H,10-11H2,1H3,(H,22,23). The summed E-state index contributed by atoms with van der Waals surface area (Å²) in [6, 6.07) is 14.1. The van der Waals surface area contributed by atoms with E-state index in [9.17, 15) is 14.7 Å². The van der Waals surface area contributed by atoms with Crippen LogP contribution in [0, 0.1) is 5.92 Å². The number of ether oxygens (including phenoxy) is 1. The summed E-state index contributed by atoms with van der Waals surface area (Å²) in [7, 11) is 1.55. The van der Waals surface area contributed by atoms with E-state index >= 15 is 0 Å². The molecule has 0 saturated heterocycles. The molecule has 0 amide bonds. The van der Waals surface area contributed by atoms with Gasteiger partial charge in [-0.1, -0.05) is 18.2 Å². The number of hydrogen-bond acceptors (Lipinski definition) is 4. The molecular formula is C19H17NO4. The quantitative estimate of drug-likeness (QED) is 0.817. The van der Waals surface area contributed by atoms with Crippen molar-refractivity contribution in [1.29, 1.82) is 0 Å². The van der Waals surface area contributed by atoms with Crippen LogP contribution in [0.5, 0.6) is 5.75 Å². The van der Waals surface area contributed by atoms with Gasteiger partial charge >= 0.3 is 5.97 Å². The van der Waals surface area contributed by atoms with Crippen molar-refractivity contribution in [1.82, 2.24) is 0 Å². The van der Waals surface area contributed by atoms with E-state index in [2.05, 4.69) is 4.99 Å². The minimum Gasteiger partial charge on any atom is -0.497 e. The maximum absolute atomic E-state index is 12.5. The second kappa shape index (κ2) is 6.66. The van der Waals surface area contributed by atoms with Gasteiger partial charge in [0.1, 0.15) is 5.75 Å². The van der Waals surface area contributed by atoms with Crippen molar-refractivity contribution in [2.45, 2.75) is 6.42 Å². The van der Waals surface area contributed by atoms with Gasteiger partial charge in [-0.2, -0.15) is 0 Å². The summed E-state index contributed by atoms with van der Waals surface area (Å²) in [4.78, 5) is 28.6. The summed E-state index contributed by atoms with van der Waals surface area (Å²) in [6.45, 7) is 0.326. The first kappa shape index (κ1) is 15.9. The third kappa shape index (κ3) is 3.06. The minimum atomic E-state index is -1.00. The highest BCUT2D eigenvalue weighted by Gasteiger charge is 2.28. The van der Waals surface area contributed by atoms with E-state index in [1.807, 2.05) is 24.3 Å². The molecule has 0 spiro atoms. The van der Waals surface area contributed by atoms with Crippen LogP contribution in [0.1, 0.15) is 16.8 Å². The maximum atomic E-state index is 12.5.